The largest absolute Gasteiger partial charge is 0.463 e. The van der Waals surface area contributed by atoms with Crippen molar-refractivity contribution in [3.63, 3.8) is 0 Å². The van der Waals surface area contributed by atoms with E-state index in [0.29, 0.717) is 13.0 Å². The molecule has 12 heavy (non-hydrogen) atoms. The first kappa shape index (κ1) is 9.03. The zero-order valence-electron chi connectivity index (χ0n) is 7.59. The van der Waals surface area contributed by atoms with Crippen molar-refractivity contribution < 1.29 is 14.4 Å². The van der Waals surface area contributed by atoms with Gasteiger partial charge in [0.15, 0.2) is 0 Å². The number of ether oxygens (including phenoxy) is 1. The van der Waals surface area contributed by atoms with Gasteiger partial charge in [0.2, 0.25) is 5.60 Å². The summed E-state index contributed by atoms with van der Waals surface area (Å²) in [6.45, 7) is 5.65. The molecular weight excluding hydrogens is 158 g/mol. The van der Waals surface area contributed by atoms with Gasteiger partial charge in [-0.25, -0.2) is 4.79 Å². The van der Waals surface area contributed by atoms with E-state index in [9.17, 15) is 4.79 Å². The van der Waals surface area contributed by atoms with Crippen LogP contribution in [0.2, 0.25) is 0 Å². The number of carbonyl (C=O) groups excluding carboxylic acids is 1. The van der Waals surface area contributed by atoms with Gasteiger partial charge < -0.3 is 9.57 Å². The fourth-order valence-electron chi connectivity index (χ4n) is 1.12. The molecule has 1 aliphatic rings. The molecule has 0 spiro atoms. The maximum Gasteiger partial charge on any atom is 0.353 e. The fraction of sp³-hybridized carbons (Fsp3) is 0.750. The summed E-state index contributed by atoms with van der Waals surface area (Å²) in [6.07, 6.45) is 0.520. The molecule has 4 nitrogen and oxygen atoms in total. The van der Waals surface area contributed by atoms with Crippen LogP contribution in [0.4, 0.5) is 0 Å². The second kappa shape index (κ2) is 3.13. The van der Waals surface area contributed by atoms with Gasteiger partial charge in [0.05, 0.1) is 12.3 Å². The van der Waals surface area contributed by atoms with Crippen molar-refractivity contribution in [1.82, 2.24) is 0 Å². The van der Waals surface area contributed by atoms with Crippen LogP contribution in [0.25, 0.3) is 0 Å². The average Bonchev–Trinajstić information content (AvgIpc) is 2.33. The van der Waals surface area contributed by atoms with Crippen LogP contribution in [-0.4, -0.2) is 23.9 Å². The SMILES string of the molecule is CCOC(=O)C1(C)CC(C)=NO1. The first-order valence-corrected chi connectivity index (χ1v) is 3.97. The molecule has 0 N–H and O–H groups in total. The van der Waals surface area contributed by atoms with E-state index in [4.69, 9.17) is 9.57 Å². The Bertz CT molecular complexity index is 224. The van der Waals surface area contributed by atoms with Gasteiger partial charge >= 0.3 is 5.97 Å². The second-order valence-electron chi connectivity index (χ2n) is 3.05. The summed E-state index contributed by atoms with van der Waals surface area (Å²) >= 11 is 0. The summed E-state index contributed by atoms with van der Waals surface area (Å²) in [5.74, 6) is -0.342. The highest BCUT2D eigenvalue weighted by Gasteiger charge is 2.42. The van der Waals surface area contributed by atoms with Crippen LogP contribution in [0.15, 0.2) is 5.16 Å². The summed E-state index contributed by atoms with van der Waals surface area (Å²) in [4.78, 5) is 16.3. The van der Waals surface area contributed by atoms with E-state index < -0.39 is 5.60 Å². The number of rotatable bonds is 2. The minimum atomic E-state index is -0.889. The maximum absolute atomic E-state index is 11.3. The average molecular weight is 171 g/mol. The predicted octanol–water partition coefficient (Wildman–Crippen LogP) is 1.10. The number of carbonyl (C=O) groups is 1. The van der Waals surface area contributed by atoms with Gasteiger partial charge in [-0.3, -0.25) is 0 Å². The lowest BCUT2D eigenvalue weighted by Crippen LogP contribution is -2.36. The molecule has 0 aromatic rings. The lowest BCUT2D eigenvalue weighted by molar-refractivity contribution is -0.166. The predicted molar refractivity (Wildman–Crippen MR) is 43.8 cm³/mol. The van der Waals surface area contributed by atoms with E-state index in [2.05, 4.69) is 5.16 Å². The zero-order chi connectivity index (χ0) is 9.19. The number of hydrogen-bond acceptors (Lipinski definition) is 4. The van der Waals surface area contributed by atoms with Gasteiger partial charge in [0, 0.05) is 6.42 Å². The summed E-state index contributed by atoms with van der Waals surface area (Å²) < 4.78 is 4.84. The Kier molecular flexibility index (Phi) is 2.35. The molecule has 0 aliphatic carbocycles. The van der Waals surface area contributed by atoms with Crippen molar-refractivity contribution in [3.05, 3.63) is 0 Å². The molecule has 0 saturated heterocycles. The molecule has 0 fully saturated rings. The summed E-state index contributed by atoms with van der Waals surface area (Å²) in [6, 6.07) is 0. The normalized spacial score (nSPS) is 27.8. The standard InChI is InChI=1S/C8H13NO3/c1-4-11-7(10)8(3)5-6(2)9-12-8/h4-5H2,1-3H3. The second-order valence-corrected chi connectivity index (χ2v) is 3.05. The lowest BCUT2D eigenvalue weighted by atomic mass is 10.0. The third-order valence-electron chi connectivity index (χ3n) is 1.70. The molecule has 0 aromatic carbocycles. The maximum atomic E-state index is 11.3. The molecule has 1 atom stereocenters. The fourth-order valence-corrected chi connectivity index (χ4v) is 1.12. The molecule has 0 bridgehead atoms. The van der Waals surface area contributed by atoms with E-state index >= 15 is 0 Å². The van der Waals surface area contributed by atoms with Gasteiger partial charge in [0.25, 0.3) is 0 Å². The number of esters is 1. The number of nitrogens with zero attached hydrogens (tertiary/aromatic N) is 1. The number of oxime groups is 1. The van der Waals surface area contributed by atoms with Crippen LogP contribution in [0.5, 0.6) is 0 Å². The third-order valence-corrected chi connectivity index (χ3v) is 1.70. The molecule has 1 unspecified atom stereocenters. The Labute approximate surface area is 71.5 Å². The molecule has 4 heteroatoms. The molecule has 0 saturated carbocycles. The van der Waals surface area contributed by atoms with Crippen molar-refractivity contribution in [2.45, 2.75) is 32.8 Å². The van der Waals surface area contributed by atoms with Crippen LogP contribution in [0, 0.1) is 0 Å². The minimum absolute atomic E-state index is 0.342. The van der Waals surface area contributed by atoms with Crippen LogP contribution in [0.3, 0.4) is 0 Å². The van der Waals surface area contributed by atoms with Crippen LogP contribution in [-0.2, 0) is 14.4 Å². The summed E-state index contributed by atoms with van der Waals surface area (Å²) in [7, 11) is 0. The Morgan fingerprint density at radius 1 is 1.83 bits per heavy atom. The first-order valence-electron chi connectivity index (χ1n) is 3.97. The highest BCUT2D eigenvalue weighted by molar-refractivity contribution is 5.91. The highest BCUT2D eigenvalue weighted by atomic mass is 16.7. The summed E-state index contributed by atoms with van der Waals surface area (Å²) in [5.41, 5.74) is -0.0642. The molecule has 0 aromatic heterocycles. The molecule has 0 radical (unpaired) electrons. The smallest absolute Gasteiger partial charge is 0.353 e. The molecular formula is C8H13NO3. The third kappa shape index (κ3) is 1.57. The molecule has 0 amide bonds. The Hall–Kier alpha value is -1.06. The van der Waals surface area contributed by atoms with E-state index in [0.717, 1.165) is 5.71 Å². The minimum Gasteiger partial charge on any atom is -0.463 e. The van der Waals surface area contributed by atoms with Crippen molar-refractivity contribution >= 4 is 11.7 Å². The van der Waals surface area contributed by atoms with Gasteiger partial charge in [-0.1, -0.05) is 5.16 Å². The molecule has 1 aliphatic heterocycles. The highest BCUT2D eigenvalue weighted by Crippen LogP contribution is 2.24. The Balaban J connectivity index is 2.57. The molecule has 68 valence electrons. The number of hydrogen-bond donors (Lipinski definition) is 0. The monoisotopic (exact) mass is 171 g/mol. The van der Waals surface area contributed by atoms with E-state index in [1.165, 1.54) is 0 Å². The van der Waals surface area contributed by atoms with Gasteiger partial charge in [0.1, 0.15) is 0 Å². The van der Waals surface area contributed by atoms with Gasteiger partial charge in [-0.05, 0) is 20.8 Å². The quantitative estimate of drug-likeness (QED) is 0.584. The first-order chi connectivity index (χ1) is 5.58. The topological polar surface area (TPSA) is 47.9 Å². The zero-order valence-corrected chi connectivity index (χ0v) is 7.59. The molecule has 1 heterocycles. The van der Waals surface area contributed by atoms with Crippen molar-refractivity contribution in [2.75, 3.05) is 6.61 Å². The van der Waals surface area contributed by atoms with E-state index in [-0.39, 0.29) is 5.97 Å². The molecule has 1 rings (SSSR count). The lowest BCUT2D eigenvalue weighted by Gasteiger charge is -2.18. The van der Waals surface area contributed by atoms with Crippen molar-refractivity contribution in [2.24, 2.45) is 5.16 Å². The summed E-state index contributed by atoms with van der Waals surface area (Å²) in [5, 5.41) is 3.71. The van der Waals surface area contributed by atoms with Gasteiger partial charge in [-0.15, -0.1) is 0 Å². The van der Waals surface area contributed by atoms with Crippen molar-refractivity contribution in [3.8, 4) is 0 Å². The van der Waals surface area contributed by atoms with E-state index in [1.54, 1.807) is 13.8 Å². The Morgan fingerprint density at radius 3 is 2.92 bits per heavy atom. The van der Waals surface area contributed by atoms with Crippen LogP contribution < -0.4 is 0 Å². The Morgan fingerprint density at radius 2 is 2.50 bits per heavy atom. The van der Waals surface area contributed by atoms with E-state index in [1.807, 2.05) is 6.92 Å². The van der Waals surface area contributed by atoms with Crippen molar-refractivity contribution in [1.29, 1.82) is 0 Å². The van der Waals surface area contributed by atoms with Gasteiger partial charge in [-0.2, -0.15) is 0 Å². The van der Waals surface area contributed by atoms with Crippen LogP contribution in [0.1, 0.15) is 27.2 Å². The van der Waals surface area contributed by atoms with Crippen LogP contribution >= 0.6 is 0 Å².